The number of amides is 1. The first kappa shape index (κ1) is 25.0. The smallest absolute Gasteiger partial charge is 0.222 e. The van der Waals surface area contributed by atoms with Crippen molar-refractivity contribution in [2.24, 2.45) is 0 Å². The molecule has 0 aromatic rings. The molecule has 0 aromatic heterocycles. The molecule has 162 valence electrons. The van der Waals surface area contributed by atoms with Crippen LogP contribution in [0.4, 0.5) is 0 Å². The Labute approximate surface area is 175 Å². The Morgan fingerprint density at radius 1 is 0.643 bits per heavy atom. The lowest BCUT2D eigenvalue weighted by atomic mass is 10.1. The molecular weight excluding hydrogens is 342 g/mol. The number of unbranched alkanes of at least 4 members (excludes halogenated alkanes) is 12. The Morgan fingerprint density at radius 2 is 1.07 bits per heavy atom. The zero-order valence-electron chi connectivity index (χ0n) is 18.8. The summed E-state index contributed by atoms with van der Waals surface area (Å²) in [5.74, 6) is 0.368. The third-order valence-electron chi connectivity index (χ3n) is 5.77. The Hall–Kier alpha value is -1.05. The van der Waals surface area contributed by atoms with Gasteiger partial charge >= 0.3 is 0 Å². The Morgan fingerprint density at radius 3 is 1.57 bits per heavy atom. The van der Waals surface area contributed by atoms with Gasteiger partial charge in [-0.3, -0.25) is 4.79 Å². The molecule has 1 saturated heterocycles. The maximum absolute atomic E-state index is 11.9. The molecule has 0 atom stereocenters. The molecule has 1 fully saturated rings. The summed E-state index contributed by atoms with van der Waals surface area (Å²) in [5, 5.41) is 0. The summed E-state index contributed by atoms with van der Waals surface area (Å²) in [6.45, 7) is 4.26. The number of carbonyl (C=O) groups excluding carboxylic acids is 1. The monoisotopic (exact) mass is 389 g/mol. The third kappa shape index (κ3) is 14.9. The van der Waals surface area contributed by atoms with E-state index < -0.39 is 0 Å². The van der Waals surface area contributed by atoms with Crippen molar-refractivity contribution in [3.05, 3.63) is 24.3 Å². The van der Waals surface area contributed by atoms with Crippen molar-refractivity contribution in [2.45, 2.75) is 122 Å². The number of hydrogen-bond donors (Lipinski definition) is 0. The quantitative estimate of drug-likeness (QED) is 0.172. The van der Waals surface area contributed by atoms with Crippen LogP contribution in [-0.4, -0.2) is 23.9 Å². The van der Waals surface area contributed by atoms with Crippen molar-refractivity contribution in [1.82, 2.24) is 4.90 Å². The van der Waals surface area contributed by atoms with E-state index in [1.807, 2.05) is 4.90 Å². The second-order valence-electron chi connectivity index (χ2n) is 8.47. The highest BCUT2D eigenvalue weighted by atomic mass is 16.2. The number of likely N-dealkylation sites (tertiary alicyclic amines) is 1. The average Bonchev–Trinajstić information content (AvgIpc) is 3.24. The van der Waals surface area contributed by atoms with E-state index in [9.17, 15) is 4.79 Å². The lowest BCUT2D eigenvalue weighted by Crippen LogP contribution is -2.27. The van der Waals surface area contributed by atoms with Crippen molar-refractivity contribution < 1.29 is 4.79 Å². The molecule has 0 unspecified atom stereocenters. The Balaban J connectivity index is 1.77. The van der Waals surface area contributed by atoms with Gasteiger partial charge in [-0.25, -0.2) is 0 Å². The minimum Gasteiger partial charge on any atom is -0.343 e. The topological polar surface area (TPSA) is 20.3 Å². The second kappa shape index (κ2) is 19.3. The van der Waals surface area contributed by atoms with Crippen LogP contribution in [-0.2, 0) is 4.79 Å². The van der Waals surface area contributed by atoms with E-state index in [4.69, 9.17) is 0 Å². The zero-order valence-corrected chi connectivity index (χ0v) is 18.8. The summed E-state index contributed by atoms with van der Waals surface area (Å²) in [6.07, 6.45) is 32.1. The van der Waals surface area contributed by atoms with Gasteiger partial charge in [-0.2, -0.15) is 0 Å². The number of rotatable bonds is 18. The van der Waals surface area contributed by atoms with Gasteiger partial charge in [0.05, 0.1) is 0 Å². The maximum atomic E-state index is 11.9. The molecule has 0 radical (unpaired) electrons. The zero-order chi connectivity index (χ0) is 20.1. The molecule has 0 N–H and O–H groups in total. The fourth-order valence-corrected chi connectivity index (χ4v) is 3.89. The van der Waals surface area contributed by atoms with Crippen LogP contribution in [0.1, 0.15) is 122 Å². The fourth-order valence-electron chi connectivity index (χ4n) is 3.89. The summed E-state index contributed by atoms with van der Waals surface area (Å²) in [7, 11) is 0. The van der Waals surface area contributed by atoms with E-state index in [0.717, 1.165) is 32.4 Å². The average molecular weight is 390 g/mol. The van der Waals surface area contributed by atoms with Gasteiger partial charge in [-0.05, 0) is 64.2 Å². The summed E-state index contributed by atoms with van der Waals surface area (Å²) >= 11 is 0. The molecule has 1 rings (SSSR count). The standard InChI is InChI=1S/C26H47NO/c1-2-3-4-5-6-7-8-9-10-11-12-13-14-15-16-17-18-19-20-23-26(28)27-24-21-22-25-27/h9-10,17-18H,2-8,11-16,19-25H2,1H3/b10-9-,18-17-. The SMILES string of the molecule is CCCCCCCC/C=C\CCCCCC/C=C\CCCC(=O)N1CCCC1. The second-order valence-corrected chi connectivity index (χ2v) is 8.47. The first-order chi connectivity index (χ1) is 13.8. The van der Waals surface area contributed by atoms with E-state index in [-0.39, 0.29) is 0 Å². The Kier molecular flexibility index (Phi) is 17.2. The van der Waals surface area contributed by atoms with Crippen LogP contribution in [0.2, 0.25) is 0 Å². The molecule has 1 amide bonds. The lowest BCUT2D eigenvalue weighted by Gasteiger charge is -2.14. The number of allylic oxidation sites excluding steroid dienone is 4. The summed E-state index contributed by atoms with van der Waals surface area (Å²) < 4.78 is 0. The molecule has 1 aliphatic rings. The largest absolute Gasteiger partial charge is 0.343 e. The molecule has 0 aromatic carbocycles. The predicted octanol–water partition coefficient (Wildman–Crippen LogP) is 7.98. The van der Waals surface area contributed by atoms with Gasteiger partial charge in [0.25, 0.3) is 0 Å². The van der Waals surface area contributed by atoms with Gasteiger partial charge in [0.15, 0.2) is 0 Å². The predicted molar refractivity (Wildman–Crippen MR) is 124 cm³/mol. The van der Waals surface area contributed by atoms with Crippen LogP contribution in [0.5, 0.6) is 0 Å². The van der Waals surface area contributed by atoms with Crippen molar-refractivity contribution >= 4 is 5.91 Å². The molecule has 0 aliphatic carbocycles. The van der Waals surface area contributed by atoms with E-state index >= 15 is 0 Å². The van der Waals surface area contributed by atoms with Gasteiger partial charge in [0.2, 0.25) is 5.91 Å². The molecule has 0 spiro atoms. The van der Waals surface area contributed by atoms with Gasteiger partial charge < -0.3 is 4.90 Å². The van der Waals surface area contributed by atoms with E-state index in [1.54, 1.807) is 0 Å². The number of hydrogen-bond acceptors (Lipinski definition) is 1. The van der Waals surface area contributed by atoms with Crippen molar-refractivity contribution in [2.75, 3.05) is 13.1 Å². The third-order valence-corrected chi connectivity index (χ3v) is 5.77. The molecule has 2 heteroatoms. The maximum Gasteiger partial charge on any atom is 0.222 e. The van der Waals surface area contributed by atoms with E-state index in [0.29, 0.717) is 5.91 Å². The normalized spacial score (nSPS) is 14.7. The molecule has 28 heavy (non-hydrogen) atoms. The molecule has 1 heterocycles. The summed E-state index contributed by atoms with van der Waals surface area (Å²) in [4.78, 5) is 14.0. The van der Waals surface area contributed by atoms with Crippen molar-refractivity contribution in [1.29, 1.82) is 0 Å². The van der Waals surface area contributed by atoms with Gasteiger partial charge in [-0.1, -0.05) is 76.2 Å². The molecule has 0 saturated carbocycles. The first-order valence-corrected chi connectivity index (χ1v) is 12.4. The van der Waals surface area contributed by atoms with Crippen LogP contribution in [0, 0.1) is 0 Å². The van der Waals surface area contributed by atoms with E-state index in [1.165, 1.54) is 96.3 Å². The molecule has 0 bridgehead atoms. The van der Waals surface area contributed by atoms with Crippen LogP contribution in [0.3, 0.4) is 0 Å². The van der Waals surface area contributed by atoms with Crippen molar-refractivity contribution in [3.8, 4) is 0 Å². The molecular formula is C26H47NO. The number of carbonyl (C=O) groups is 1. The summed E-state index contributed by atoms with van der Waals surface area (Å²) in [5.41, 5.74) is 0. The lowest BCUT2D eigenvalue weighted by molar-refractivity contribution is -0.130. The highest BCUT2D eigenvalue weighted by Gasteiger charge is 2.16. The number of nitrogens with zero attached hydrogens (tertiary/aromatic N) is 1. The summed E-state index contributed by atoms with van der Waals surface area (Å²) in [6, 6.07) is 0. The first-order valence-electron chi connectivity index (χ1n) is 12.4. The molecule has 1 aliphatic heterocycles. The van der Waals surface area contributed by atoms with E-state index in [2.05, 4.69) is 31.2 Å². The van der Waals surface area contributed by atoms with Crippen LogP contribution < -0.4 is 0 Å². The Bertz CT molecular complexity index is 407. The van der Waals surface area contributed by atoms with Crippen LogP contribution >= 0.6 is 0 Å². The van der Waals surface area contributed by atoms with Crippen molar-refractivity contribution in [3.63, 3.8) is 0 Å². The fraction of sp³-hybridized carbons (Fsp3) is 0.808. The van der Waals surface area contributed by atoms with Gasteiger partial charge in [0, 0.05) is 19.5 Å². The molecule has 2 nitrogen and oxygen atoms in total. The van der Waals surface area contributed by atoms with Crippen LogP contribution in [0.25, 0.3) is 0 Å². The van der Waals surface area contributed by atoms with Crippen LogP contribution in [0.15, 0.2) is 24.3 Å². The highest BCUT2D eigenvalue weighted by Crippen LogP contribution is 2.12. The van der Waals surface area contributed by atoms with Gasteiger partial charge in [-0.15, -0.1) is 0 Å². The minimum atomic E-state index is 0.368. The minimum absolute atomic E-state index is 0.368. The van der Waals surface area contributed by atoms with Gasteiger partial charge in [0.1, 0.15) is 0 Å². The highest BCUT2D eigenvalue weighted by molar-refractivity contribution is 5.76.